The van der Waals surface area contributed by atoms with Crippen molar-refractivity contribution in [2.45, 2.75) is 26.3 Å². The summed E-state index contributed by atoms with van der Waals surface area (Å²) in [5.74, 6) is 0.657. The smallest absolute Gasteiger partial charge is 0.238 e. The molecule has 110 valence electrons. The van der Waals surface area contributed by atoms with E-state index in [4.69, 9.17) is 0 Å². The van der Waals surface area contributed by atoms with E-state index in [1.54, 1.807) is 0 Å². The molecular formula is C16H25N3O. The molecule has 2 N–H and O–H groups in total. The normalized spacial score (nSPS) is 23.6. The van der Waals surface area contributed by atoms with Crippen molar-refractivity contribution in [3.05, 3.63) is 29.8 Å². The topological polar surface area (TPSA) is 44.4 Å². The Labute approximate surface area is 121 Å². The standard InChI is InChI=1S/C16H25N3O/c1-12-4-6-14(7-5-12)18-16(20)11-19-9-8-15(17-3)13(2)10-19/h4-7,13,15,17H,8-11H2,1-3H3,(H,18,20). The lowest BCUT2D eigenvalue weighted by Crippen LogP contribution is -2.49. The molecule has 4 heteroatoms. The van der Waals surface area contributed by atoms with Crippen molar-refractivity contribution in [2.75, 3.05) is 32.0 Å². The van der Waals surface area contributed by atoms with E-state index in [2.05, 4.69) is 22.5 Å². The quantitative estimate of drug-likeness (QED) is 0.881. The lowest BCUT2D eigenvalue weighted by Gasteiger charge is -2.36. The number of likely N-dealkylation sites (tertiary alicyclic amines) is 1. The van der Waals surface area contributed by atoms with Gasteiger partial charge in [-0.3, -0.25) is 9.69 Å². The molecule has 1 aliphatic heterocycles. The highest BCUT2D eigenvalue weighted by molar-refractivity contribution is 5.92. The number of benzene rings is 1. The molecule has 0 bridgehead atoms. The first-order valence-electron chi connectivity index (χ1n) is 7.34. The Morgan fingerprint density at radius 1 is 1.35 bits per heavy atom. The van der Waals surface area contributed by atoms with Crippen LogP contribution >= 0.6 is 0 Å². The van der Waals surface area contributed by atoms with Crippen LogP contribution in [0.4, 0.5) is 5.69 Å². The summed E-state index contributed by atoms with van der Waals surface area (Å²) in [4.78, 5) is 14.3. The van der Waals surface area contributed by atoms with Crippen molar-refractivity contribution >= 4 is 11.6 Å². The fourth-order valence-electron chi connectivity index (χ4n) is 2.84. The predicted molar refractivity (Wildman–Crippen MR) is 82.9 cm³/mol. The van der Waals surface area contributed by atoms with Crippen LogP contribution in [0.2, 0.25) is 0 Å². The molecule has 2 unspecified atom stereocenters. The molecular weight excluding hydrogens is 250 g/mol. The molecule has 1 aliphatic rings. The van der Waals surface area contributed by atoms with Crippen LogP contribution in [0.5, 0.6) is 0 Å². The van der Waals surface area contributed by atoms with Crippen molar-refractivity contribution in [2.24, 2.45) is 5.92 Å². The van der Waals surface area contributed by atoms with Gasteiger partial charge in [-0.2, -0.15) is 0 Å². The minimum absolute atomic E-state index is 0.0731. The molecule has 4 nitrogen and oxygen atoms in total. The summed E-state index contributed by atoms with van der Waals surface area (Å²) in [6.07, 6.45) is 1.11. The van der Waals surface area contributed by atoms with Crippen molar-refractivity contribution in [3.63, 3.8) is 0 Å². The zero-order chi connectivity index (χ0) is 14.5. The first-order valence-corrected chi connectivity index (χ1v) is 7.34. The summed E-state index contributed by atoms with van der Waals surface area (Å²) in [7, 11) is 2.01. The SMILES string of the molecule is CNC1CCN(CC(=O)Nc2ccc(C)cc2)CC1C. The third-order valence-corrected chi connectivity index (χ3v) is 4.06. The lowest BCUT2D eigenvalue weighted by molar-refractivity contribution is -0.117. The summed E-state index contributed by atoms with van der Waals surface area (Å²) < 4.78 is 0. The minimum Gasteiger partial charge on any atom is -0.325 e. The number of amides is 1. The molecule has 0 radical (unpaired) electrons. The maximum atomic E-state index is 12.1. The van der Waals surface area contributed by atoms with Crippen molar-refractivity contribution in [3.8, 4) is 0 Å². The molecule has 1 fully saturated rings. The van der Waals surface area contributed by atoms with E-state index in [-0.39, 0.29) is 5.91 Å². The molecule has 0 spiro atoms. The largest absolute Gasteiger partial charge is 0.325 e. The Morgan fingerprint density at radius 3 is 2.65 bits per heavy atom. The van der Waals surface area contributed by atoms with Gasteiger partial charge in [0.25, 0.3) is 0 Å². The fraction of sp³-hybridized carbons (Fsp3) is 0.562. The van der Waals surface area contributed by atoms with Crippen molar-refractivity contribution in [1.82, 2.24) is 10.2 Å². The van der Waals surface area contributed by atoms with Gasteiger partial charge in [0, 0.05) is 24.8 Å². The van der Waals surface area contributed by atoms with Crippen molar-refractivity contribution < 1.29 is 4.79 Å². The Kier molecular flexibility index (Phi) is 5.15. The lowest BCUT2D eigenvalue weighted by atomic mass is 9.94. The van der Waals surface area contributed by atoms with E-state index in [1.807, 2.05) is 38.2 Å². The van der Waals surface area contributed by atoms with Gasteiger partial charge in [-0.1, -0.05) is 24.6 Å². The van der Waals surface area contributed by atoms with E-state index in [0.29, 0.717) is 18.5 Å². The monoisotopic (exact) mass is 275 g/mol. The van der Waals surface area contributed by atoms with Gasteiger partial charge >= 0.3 is 0 Å². The molecule has 1 amide bonds. The molecule has 1 aromatic rings. The van der Waals surface area contributed by atoms with Gasteiger partial charge in [-0.05, 0) is 38.4 Å². The highest BCUT2D eigenvalue weighted by atomic mass is 16.2. The van der Waals surface area contributed by atoms with Crippen LogP contribution in [-0.4, -0.2) is 43.5 Å². The minimum atomic E-state index is 0.0731. The van der Waals surface area contributed by atoms with Gasteiger partial charge in [0.05, 0.1) is 6.54 Å². The average Bonchev–Trinajstić information content (AvgIpc) is 2.41. The highest BCUT2D eigenvalue weighted by Crippen LogP contribution is 2.16. The van der Waals surface area contributed by atoms with E-state index >= 15 is 0 Å². The summed E-state index contributed by atoms with van der Waals surface area (Å²) >= 11 is 0. The highest BCUT2D eigenvalue weighted by Gasteiger charge is 2.25. The summed E-state index contributed by atoms with van der Waals surface area (Å²) in [6.45, 7) is 6.72. The molecule has 20 heavy (non-hydrogen) atoms. The first-order chi connectivity index (χ1) is 9.58. The maximum absolute atomic E-state index is 12.1. The fourth-order valence-corrected chi connectivity index (χ4v) is 2.84. The third kappa shape index (κ3) is 4.05. The van der Waals surface area contributed by atoms with Gasteiger partial charge < -0.3 is 10.6 Å². The molecule has 0 saturated carbocycles. The number of hydrogen-bond donors (Lipinski definition) is 2. The molecule has 1 heterocycles. The Bertz CT molecular complexity index is 444. The Hall–Kier alpha value is -1.39. The van der Waals surface area contributed by atoms with Gasteiger partial charge in [-0.15, -0.1) is 0 Å². The molecule has 1 aromatic carbocycles. The number of nitrogens with zero attached hydrogens (tertiary/aromatic N) is 1. The van der Waals surface area contributed by atoms with E-state index in [1.165, 1.54) is 5.56 Å². The van der Waals surface area contributed by atoms with Crippen LogP contribution in [0.15, 0.2) is 24.3 Å². The van der Waals surface area contributed by atoms with E-state index in [0.717, 1.165) is 25.2 Å². The number of anilines is 1. The Morgan fingerprint density at radius 2 is 2.05 bits per heavy atom. The van der Waals surface area contributed by atoms with Crippen LogP contribution < -0.4 is 10.6 Å². The summed E-state index contributed by atoms with van der Waals surface area (Å²) in [6, 6.07) is 8.49. The second-order valence-corrected chi connectivity index (χ2v) is 5.81. The van der Waals surface area contributed by atoms with Crippen LogP contribution in [0, 0.1) is 12.8 Å². The second-order valence-electron chi connectivity index (χ2n) is 5.81. The predicted octanol–water partition coefficient (Wildman–Crippen LogP) is 1.86. The number of carbonyl (C=O) groups excluding carboxylic acids is 1. The van der Waals surface area contributed by atoms with Gasteiger partial charge in [-0.25, -0.2) is 0 Å². The number of aryl methyl sites for hydroxylation is 1. The number of nitrogens with one attached hydrogen (secondary N) is 2. The Balaban J connectivity index is 1.81. The van der Waals surface area contributed by atoms with Crippen molar-refractivity contribution in [1.29, 1.82) is 0 Å². The van der Waals surface area contributed by atoms with Gasteiger partial charge in [0.2, 0.25) is 5.91 Å². The maximum Gasteiger partial charge on any atom is 0.238 e. The van der Waals surface area contributed by atoms with E-state index in [9.17, 15) is 4.79 Å². The number of hydrogen-bond acceptors (Lipinski definition) is 3. The molecule has 0 aromatic heterocycles. The zero-order valence-electron chi connectivity index (χ0n) is 12.6. The zero-order valence-corrected chi connectivity index (χ0v) is 12.6. The summed E-state index contributed by atoms with van der Waals surface area (Å²) in [5.41, 5.74) is 2.07. The third-order valence-electron chi connectivity index (χ3n) is 4.06. The first kappa shape index (κ1) is 15.0. The van der Waals surface area contributed by atoms with Crippen LogP contribution in [0.3, 0.4) is 0 Å². The number of carbonyl (C=O) groups is 1. The second kappa shape index (κ2) is 6.86. The van der Waals surface area contributed by atoms with Gasteiger partial charge in [0.15, 0.2) is 0 Å². The van der Waals surface area contributed by atoms with Crippen LogP contribution in [-0.2, 0) is 4.79 Å². The molecule has 0 aliphatic carbocycles. The number of rotatable bonds is 4. The van der Waals surface area contributed by atoms with Crippen LogP contribution in [0.1, 0.15) is 18.9 Å². The van der Waals surface area contributed by atoms with Crippen LogP contribution in [0.25, 0.3) is 0 Å². The molecule has 2 atom stereocenters. The molecule has 1 saturated heterocycles. The van der Waals surface area contributed by atoms with Gasteiger partial charge in [0.1, 0.15) is 0 Å². The number of piperidine rings is 1. The van der Waals surface area contributed by atoms with E-state index < -0.39 is 0 Å². The summed E-state index contributed by atoms with van der Waals surface area (Å²) in [5, 5.41) is 6.31. The average molecular weight is 275 g/mol. The molecule has 2 rings (SSSR count).